The lowest BCUT2D eigenvalue weighted by molar-refractivity contribution is 0.0358. The maximum atomic E-state index is 12.9. The predicted molar refractivity (Wildman–Crippen MR) is 182 cm³/mol. The summed E-state index contributed by atoms with van der Waals surface area (Å²) in [6.07, 6.45) is 3.11. The topological polar surface area (TPSA) is 138 Å². The number of anilines is 1. The number of unbranched alkanes of at least 4 members (excludes halogenated alkanes) is 2. The molecular weight excluding hydrogens is 596 g/mol. The minimum atomic E-state index is -0.960. The molecule has 3 aromatic carbocycles. The van der Waals surface area contributed by atoms with Crippen LogP contribution < -0.4 is 20.5 Å². The number of rotatable bonds is 14. The molecule has 0 saturated carbocycles. The zero-order valence-electron chi connectivity index (χ0n) is 26.6. The van der Waals surface area contributed by atoms with Crippen LogP contribution in [0.1, 0.15) is 55.4 Å². The Bertz CT molecular complexity index is 1700. The van der Waals surface area contributed by atoms with Crippen molar-refractivity contribution in [3.8, 4) is 11.5 Å². The van der Waals surface area contributed by atoms with Crippen molar-refractivity contribution in [2.45, 2.75) is 44.2 Å². The molecule has 10 nitrogen and oxygen atoms in total. The van der Waals surface area contributed by atoms with E-state index < -0.39 is 12.2 Å². The zero-order chi connectivity index (χ0) is 32.8. The van der Waals surface area contributed by atoms with Gasteiger partial charge in [-0.15, -0.1) is 0 Å². The van der Waals surface area contributed by atoms with E-state index in [1.165, 1.54) is 12.1 Å². The smallest absolute Gasteiger partial charge is 0.412 e. The summed E-state index contributed by atoms with van der Waals surface area (Å²) in [5.74, 6) is 1.35. The molecule has 0 aliphatic carbocycles. The highest BCUT2D eigenvalue weighted by atomic mass is 16.5. The van der Waals surface area contributed by atoms with Crippen LogP contribution in [0.15, 0.2) is 83.7 Å². The lowest BCUT2D eigenvalue weighted by atomic mass is 9.73. The average molecular weight is 641 g/mol. The van der Waals surface area contributed by atoms with Crippen LogP contribution in [0.2, 0.25) is 0 Å². The highest BCUT2D eigenvalue weighted by molar-refractivity contribution is 5.88. The Balaban J connectivity index is 1.00. The van der Waals surface area contributed by atoms with E-state index in [4.69, 9.17) is 4.74 Å². The van der Waals surface area contributed by atoms with Crippen LogP contribution in [0.25, 0.3) is 10.9 Å². The number of phenols is 1. The normalized spacial score (nSPS) is 20.1. The maximum absolute atomic E-state index is 12.9. The minimum Gasteiger partial charge on any atom is -0.506 e. The fourth-order valence-corrected chi connectivity index (χ4v) is 7.34. The second kappa shape index (κ2) is 15.0. The number of benzene rings is 3. The Hall–Kier alpha value is -4.38. The number of hydrogen-bond donors (Lipinski definition) is 5. The summed E-state index contributed by atoms with van der Waals surface area (Å²) in [6, 6.07) is 23.4. The summed E-state index contributed by atoms with van der Waals surface area (Å²) in [7, 11) is 0. The molecule has 1 amide bonds. The molecule has 10 heteroatoms. The van der Waals surface area contributed by atoms with Crippen molar-refractivity contribution < 1.29 is 24.9 Å². The molecule has 248 valence electrons. The molecule has 3 saturated heterocycles. The molecule has 47 heavy (non-hydrogen) atoms. The number of aromatic amines is 1. The maximum Gasteiger partial charge on any atom is 0.412 e. The molecule has 7 rings (SSSR count). The first-order valence-corrected chi connectivity index (χ1v) is 16.6. The van der Waals surface area contributed by atoms with E-state index in [1.807, 2.05) is 54.6 Å². The zero-order valence-corrected chi connectivity index (χ0v) is 26.6. The number of aromatic nitrogens is 1. The number of pyridine rings is 1. The van der Waals surface area contributed by atoms with Crippen molar-refractivity contribution in [3.05, 3.63) is 100 Å². The van der Waals surface area contributed by atoms with Crippen molar-refractivity contribution >= 4 is 22.7 Å². The van der Waals surface area contributed by atoms with Crippen LogP contribution >= 0.6 is 0 Å². The number of aliphatic hydroxyl groups excluding tert-OH is 1. The molecule has 0 spiro atoms. The SMILES string of the molecule is O=C(O)N(c1cccc(OCCCCCNC[C@H](O)c2ccc(O)c3[nH]c(=O)ccc23)c1)[C@@H](c1ccccc1)C1CN2CCC1CC2. The molecule has 5 N–H and O–H groups in total. The van der Waals surface area contributed by atoms with Crippen LogP contribution in [0, 0.1) is 11.8 Å². The Morgan fingerprint density at radius 2 is 1.81 bits per heavy atom. The quantitative estimate of drug-likeness (QED) is 0.111. The van der Waals surface area contributed by atoms with Gasteiger partial charge in [0.25, 0.3) is 0 Å². The summed E-state index contributed by atoms with van der Waals surface area (Å²) in [6.45, 7) is 4.67. The molecular formula is C37H44N4O6. The fraction of sp³-hybridized carbons (Fsp3) is 0.405. The van der Waals surface area contributed by atoms with Gasteiger partial charge in [0, 0.05) is 30.6 Å². The molecule has 0 radical (unpaired) electrons. The Morgan fingerprint density at radius 3 is 2.55 bits per heavy atom. The summed E-state index contributed by atoms with van der Waals surface area (Å²) in [5.41, 5.74) is 2.29. The summed E-state index contributed by atoms with van der Waals surface area (Å²) < 4.78 is 6.08. The molecule has 1 unspecified atom stereocenters. The van der Waals surface area contributed by atoms with Gasteiger partial charge in [0.2, 0.25) is 5.56 Å². The lowest BCUT2D eigenvalue weighted by Crippen LogP contribution is -2.53. The monoisotopic (exact) mass is 640 g/mol. The first-order chi connectivity index (χ1) is 22.9. The number of phenolic OH excluding ortho intramolecular Hbond substituents is 1. The predicted octanol–water partition coefficient (Wildman–Crippen LogP) is 5.67. The van der Waals surface area contributed by atoms with E-state index in [1.54, 1.807) is 17.0 Å². The Labute approximate surface area is 274 Å². The van der Waals surface area contributed by atoms with Gasteiger partial charge in [-0.05, 0) is 99.0 Å². The van der Waals surface area contributed by atoms with E-state index in [0.29, 0.717) is 53.5 Å². The molecule has 4 aromatic rings. The van der Waals surface area contributed by atoms with Crippen LogP contribution in [-0.4, -0.2) is 70.6 Å². The number of fused-ring (bicyclic) bond motifs is 4. The third kappa shape index (κ3) is 7.62. The molecule has 2 bridgehead atoms. The van der Waals surface area contributed by atoms with Gasteiger partial charge in [0.05, 0.1) is 30.0 Å². The number of amides is 1. The number of piperidine rings is 3. The molecule has 1 aromatic heterocycles. The van der Waals surface area contributed by atoms with Gasteiger partial charge in [0.15, 0.2) is 0 Å². The molecule has 3 aliphatic heterocycles. The van der Waals surface area contributed by atoms with Gasteiger partial charge in [-0.2, -0.15) is 0 Å². The van der Waals surface area contributed by atoms with E-state index >= 15 is 0 Å². The van der Waals surface area contributed by atoms with Crippen LogP contribution in [-0.2, 0) is 0 Å². The molecule has 3 aliphatic rings. The molecule has 3 atom stereocenters. The standard InChI is InChI=1S/C37H44N4O6/c42-32-14-12-29(30-13-15-34(44)39-35(30)32)33(43)23-38-18-5-2-6-21-47-28-11-7-10-27(22-28)41(37(45)46)36(26-8-3-1-4-9-26)31-24-40-19-16-25(31)17-20-40/h1,3-4,7-15,22,25,31,33,36,38,42-43H,2,5-6,16-21,23-24H2,(H,39,44)(H,45,46)/t31?,33-,36-/m0/s1. The molecule has 3 fully saturated rings. The van der Waals surface area contributed by atoms with Crippen molar-refractivity contribution in [2.75, 3.05) is 44.2 Å². The van der Waals surface area contributed by atoms with Gasteiger partial charge in [-0.3, -0.25) is 9.69 Å². The highest BCUT2D eigenvalue weighted by Crippen LogP contribution is 2.44. The summed E-state index contributed by atoms with van der Waals surface area (Å²) >= 11 is 0. The highest BCUT2D eigenvalue weighted by Gasteiger charge is 2.43. The number of carbonyl (C=O) groups is 1. The van der Waals surface area contributed by atoms with Crippen LogP contribution in [0.5, 0.6) is 11.5 Å². The van der Waals surface area contributed by atoms with Gasteiger partial charge < -0.3 is 35.3 Å². The minimum absolute atomic E-state index is 0.0319. The Kier molecular flexibility index (Phi) is 10.4. The van der Waals surface area contributed by atoms with Gasteiger partial charge in [-0.1, -0.05) is 42.5 Å². The number of carboxylic acid groups (broad SMARTS) is 1. The lowest BCUT2D eigenvalue weighted by Gasteiger charge is -2.49. The van der Waals surface area contributed by atoms with Gasteiger partial charge in [0.1, 0.15) is 11.5 Å². The first-order valence-electron chi connectivity index (χ1n) is 16.6. The van der Waals surface area contributed by atoms with Gasteiger partial charge in [-0.25, -0.2) is 4.79 Å². The number of nitrogens with one attached hydrogen (secondary N) is 2. The number of aromatic hydroxyl groups is 1. The third-order valence-corrected chi connectivity index (χ3v) is 9.70. The number of aliphatic hydroxyl groups is 1. The number of nitrogens with zero attached hydrogens (tertiary/aromatic N) is 2. The second-order valence-corrected chi connectivity index (χ2v) is 12.7. The summed E-state index contributed by atoms with van der Waals surface area (Å²) in [4.78, 5) is 31.2. The van der Waals surface area contributed by atoms with E-state index in [-0.39, 0.29) is 23.3 Å². The summed E-state index contributed by atoms with van der Waals surface area (Å²) in [5, 5.41) is 35.3. The molecule has 4 heterocycles. The van der Waals surface area contributed by atoms with Crippen LogP contribution in [0.4, 0.5) is 10.5 Å². The largest absolute Gasteiger partial charge is 0.506 e. The van der Waals surface area contributed by atoms with Gasteiger partial charge >= 0.3 is 6.09 Å². The van der Waals surface area contributed by atoms with E-state index in [0.717, 1.165) is 57.3 Å². The number of hydrogen-bond acceptors (Lipinski definition) is 7. The van der Waals surface area contributed by atoms with Crippen molar-refractivity contribution in [2.24, 2.45) is 11.8 Å². The van der Waals surface area contributed by atoms with E-state index in [9.17, 15) is 24.9 Å². The first kappa shape index (κ1) is 32.6. The van der Waals surface area contributed by atoms with Crippen molar-refractivity contribution in [3.63, 3.8) is 0 Å². The van der Waals surface area contributed by atoms with E-state index in [2.05, 4.69) is 15.2 Å². The van der Waals surface area contributed by atoms with Crippen molar-refractivity contribution in [1.29, 1.82) is 0 Å². The third-order valence-electron chi connectivity index (χ3n) is 9.70. The van der Waals surface area contributed by atoms with Crippen molar-refractivity contribution in [1.82, 2.24) is 15.2 Å². The average Bonchev–Trinajstić information content (AvgIpc) is 3.09. The Morgan fingerprint density at radius 1 is 1.00 bits per heavy atom. The second-order valence-electron chi connectivity index (χ2n) is 12.7. The fourth-order valence-electron chi connectivity index (χ4n) is 7.34. The number of ether oxygens (including phenoxy) is 1. The number of H-pyrrole nitrogens is 1. The van der Waals surface area contributed by atoms with Crippen LogP contribution in [0.3, 0.4) is 0 Å².